The van der Waals surface area contributed by atoms with Gasteiger partial charge in [0.25, 0.3) is 0 Å². The van der Waals surface area contributed by atoms with Gasteiger partial charge in [-0.25, -0.2) is 13.1 Å². The third-order valence-electron chi connectivity index (χ3n) is 3.54. The van der Waals surface area contributed by atoms with Crippen LogP contribution in [0.1, 0.15) is 25.3 Å². The van der Waals surface area contributed by atoms with Gasteiger partial charge in [-0.05, 0) is 30.5 Å². The Morgan fingerprint density at radius 3 is 2.80 bits per heavy atom. The van der Waals surface area contributed by atoms with Crippen LogP contribution in [0.2, 0.25) is 0 Å². The van der Waals surface area contributed by atoms with E-state index in [2.05, 4.69) is 9.71 Å². The van der Waals surface area contributed by atoms with Gasteiger partial charge >= 0.3 is 0 Å². The maximum absolute atomic E-state index is 12.0. The summed E-state index contributed by atoms with van der Waals surface area (Å²) >= 11 is 0. The quantitative estimate of drug-likeness (QED) is 0.825. The fourth-order valence-corrected chi connectivity index (χ4v) is 3.88. The van der Waals surface area contributed by atoms with Crippen LogP contribution in [0.15, 0.2) is 24.5 Å². The molecule has 1 N–H and O–H groups in total. The van der Waals surface area contributed by atoms with E-state index in [4.69, 9.17) is 4.74 Å². The lowest BCUT2D eigenvalue weighted by Crippen LogP contribution is -2.41. The summed E-state index contributed by atoms with van der Waals surface area (Å²) in [4.78, 5) is 3.99. The molecular weight excluding hydrogens is 276 g/mol. The second kappa shape index (κ2) is 7.15. The fourth-order valence-electron chi connectivity index (χ4n) is 2.38. The Morgan fingerprint density at radius 2 is 2.10 bits per heavy atom. The summed E-state index contributed by atoms with van der Waals surface area (Å²) in [5, 5.41) is 0. The van der Waals surface area contributed by atoms with Crippen molar-refractivity contribution in [3.63, 3.8) is 0 Å². The average Bonchev–Trinajstić information content (AvgIpc) is 2.84. The predicted octanol–water partition coefficient (Wildman–Crippen LogP) is 1.36. The van der Waals surface area contributed by atoms with Crippen LogP contribution in [0.5, 0.6) is 0 Å². The Morgan fingerprint density at radius 1 is 1.35 bits per heavy atom. The van der Waals surface area contributed by atoms with Crippen LogP contribution in [0, 0.1) is 5.92 Å². The zero-order valence-corrected chi connectivity index (χ0v) is 12.6. The molecule has 0 unspecified atom stereocenters. The number of aromatic nitrogens is 1. The van der Waals surface area contributed by atoms with Crippen molar-refractivity contribution in [2.24, 2.45) is 5.92 Å². The number of nitrogens with one attached hydrogen (secondary N) is 1. The molecule has 5 nitrogen and oxygen atoms in total. The molecule has 2 heterocycles. The van der Waals surface area contributed by atoms with Crippen molar-refractivity contribution < 1.29 is 13.2 Å². The molecule has 1 aromatic heterocycles. The van der Waals surface area contributed by atoms with Crippen molar-refractivity contribution in [2.45, 2.75) is 32.2 Å². The van der Waals surface area contributed by atoms with Crippen LogP contribution in [-0.4, -0.2) is 38.4 Å². The zero-order valence-electron chi connectivity index (χ0n) is 11.8. The lowest BCUT2D eigenvalue weighted by atomic mass is 9.96. The summed E-state index contributed by atoms with van der Waals surface area (Å²) < 4.78 is 32.2. The lowest BCUT2D eigenvalue weighted by Gasteiger charge is -2.19. The van der Waals surface area contributed by atoms with Gasteiger partial charge in [0, 0.05) is 18.3 Å². The SMILES string of the molecule is CCCCS(=O)(=O)N[C@H]1COC[C@H]1Cc1ccncc1. The van der Waals surface area contributed by atoms with Gasteiger partial charge in [0.2, 0.25) is 10.0 Å². The topological polar surface area (TPSA) is 68.3 Å². The van der Waals surface area contributed by atoms with E-state index in [1.807, 2.05) is 19.1 Å². The maximum atomic E-state index is 12.0. The number of sulfonamides is 1. The van der Waals surface area contributed by atoms with E-state index < -0.39 is 10.0 Å². The molecule has 1 saturated heterocycles. The van der Waals surface area contributed by atoms with E-state index in [9.17, 15) is 8.42 Å². The van der Waals surface area contributed by atoms with Gasteiger partial charge in [0.15, 0.2) is 0 Å². The second-order valence-corrected chi connectivity index (χ2v) is 7.13. The Hall–Kier alpha value is -0.980. The minimum atomic E-state index is -3.19. The maximum Gasteiger partial charge on any atom is 0.211 e. The van der Waals surface area contributed by atoms with Crippen LogP contribution in [0.25, 0.3) is 0 Å². The van der Waals surface area contributed by atoms with Crippen LogP contribution in [0.3, 0.4) is 0 Å². The van der Waals surface area contributed by atoms with Crippen LogP contribution >= 0.6 is 0 Å². The van der Waals surface area contributed by atoms with Gasteiger partial charge in [-0.15, -0.1) is 0 Å². The molecule has 20 heavy (non-hydrogen) atoms. The highest BCUT2D eigenvalue weighted by Gasteiger charge is 2.31. The first-order valence-electron chi connectivity index (χ1n) is 7.07. The van der Waals surface area contributed by atoms with E-state index in [1.54, 1.807) is 12.4 Å². The Balaban J connectivity index is 1.94. The number of rotatable bonds is 7. The summed E-state index contributed by atoms with van der Waals surface area (Å²) in [5.74, 6) is 0.385. The van der Waals surface area contributed by atoms with Crippen molar-refractivity contribution in [1.29, 1.82) is 0 Å². The van der Waals surface area contributed by atoms with E-state index in [-0.39, 0.29) is 17.7 Å². The normalized spacial score (nSPS) is 23.1. The fraction of sp³-hybridized carbons (Fsp3) is 0.643. The molecule has 1 aliphatic heterocycles. The lowest BCUT2D eigenvalue weighted by molar-refractivity contribution is 0.183. The molecule has 1 aromatic rings. The number of hydrogen-bond acceptors (Lipinski definition) is 4. The monoisotopic (exact) mass is 298 g/mol. The molecule has 1 aliphatic rings. The van der Waals surface area contributed by atoms with Crippen molar-refractivity contribution >= 4 is 10.0 Å². The Labute approximate surface area is 120 Å². The summed E-state index contributed by atoms with van der Waals surface area (Å²) in [6.07, 6.45) is 5.89. The molecule has 0 amide bonds. The minimum absolute atomic E-state index is 0.120. The first-order chi connectivity index (χ1) is 9.61. The van der Waals surface area contributed by atoms with Crippen molar-refractivity contribution in [3.05, 3.63) is 30.1 Å². The molecule has 0 aromatic carbocycles. The van der Waals surface area contributed by atoms with E-state index in [0.29, 0.717) is 19.6 Å². The zero-order chi connectivity index (χ0) is 14.4. The molecular formula is C14H22N2O3S. The molecule has 0 aliphatic carbocycles. The highest BCUT2D eigenvalue weighted by atomic mass is 32.2. The minimum Gasteiger partial charge on any atom is -0.379 e. The molecule has 1 fully saturated rings. The third-order valence-corrected chi connectivity index (χ3v) is 5.03. The molecule has 2 rings (SSSR count). The number of hydrogen-bond donors (Lipinski definition) is 1. The largest absolute Gasteiger partial charge is 0.379 e. The molecule has 6 heteroatoms. The van der Waals surface area contributed by atoms with Crippen molar-refractivity contribution in [2.75, 3.05) is 19.0 Å². The summed E-state index contributed by atoms with van der Waals surface area (Å²) in [7, 11) is -3.19. The number of unbranched alkanes of at least 4 members (excludes halogenated alkanes) is 1. The van der Waals surface area contributed by atoms with Gasteiger partial charge in [-0.3, -0.25) is 4.98 Å². The standard InChI is InChI=1S/C14H22N2O3S/c1-2-3-8-20(17,18)16-14-11-19-10-13(14)9-12-4-6-15-7-5-12/h4-7,13-14,16H,2-3,8-11H2,1H3/t13-,14+/m1/s1. The predicted molar refractivity (Wildman–Crippen MR) is 77.9 cm³/mol. The van der Waals surface area contributed by atoms with Crippen molar-refractivity contribution in [1.82, 2.24) is 9.71 Å². The number of ether oxygens (including phenoxy) is 1. The van der Waals surface area contributed by atoms with Gasteiger partial charge in [-0.2, -0.15) is 0 Å². The molecule has 0 spiro atoms. The van der Waals surface area contributed by atoms with Gasteiger partial charge in [-0.1, -0.05) is 13.3 Å². The third kappa shape index (κ3) is 4.54. The van der Waals surface area contributed by atoms with Gasteiger partial charge in [0.1, 0.15) is 0 Å². The summed E-state index contributed by atoms with van der Waals surface area (Å²) in [5.41, 5.74) is 1.16. The highest BCUT2D eigenvalue weighted by molar-refractivity contribution is 7.89. The average molecular weight is 298 g/mol. The van der Waals surface area contributed by atoms with Crippen LogP contribution < -0.4 is 4.72 Å². The van der Waals surface area contributed by atoms with Crippen molar-refractivity contribution in [3.8, 4) is 0 Å². The first-order valence-corrected chi connectivity index (χ1v) is 8.72. The highest BCUT2D eigenvalue weighted by Crippen LogP contribution is 2.19. The molecule has 2 atom stereocenters. The van der Waals surface area contributed by atoms with E-state index in [1.165, 1.54) is 0 Å². The van der Waals surface area contributed by atoms with Gasteiger partial charge < -0.3 is 4.74 Å². The molecule has 0 saturated carbocycles. The smallest absolute Gasteiger partial charge is 0.211 e. The Kier molecular flexibility index (Phi) is 5.51. The van der Waals surface area contributed by atoms with E-state index in [0.717, 1.165) is 18.4 Å². The number of pyridine rings is 1. The van der Waals surface area contributed by atoms with Crippen LogP contribution in [-0.2, 0) is 21.2 Å². The van der Waals surface area contributed by atoms with Crippen LogP contribution in [0.4, 0.5) is 0 Å². The molecule has 0 radical (unpaired) electrons. The summed E-state index contributed by atoms with van der Waals surface area (Å²) in [6, 6.07) is 3.80. The first kappa shape index (κ1) is 15.4. The van der Waals surface area contributed by atoms with Gasteiger partial charge in [0.05, 0.1) is 25.0 Å². The number of nitrogens with zero attached hydrogens (tertiary/aromatic N) is 1. The molecule has 0 bridgehead atoms. The summed E-state index contributed by atoms with van der Waals surface area (Å²) in [6.45, 7) is 3.05. The second-order valence-electron chi connectivity index (χ2n) is 5.25. The Bertz CT molecular complexity index is 504. The molecule has 112 valence electrons. The van der Waals surface area contributed by atoms with E-state index >= 15 is 0 Å².